The van der Waals surface area contributed by atoms with Gasteiger partial charge in [0.2, 0.25) is 0 Å². The van der Waals surface area contributed by atoms with Gasteiger partial charge in [-0.15, -0.1) is 0 Å². The average molecular weight is 874 g/mol. The highest BCUT2D eigenvalue weighted by Gasteiger charge is 2.27. The van der Waals surface area contributed by atoms with Gasteiger partial charge >= 0.3 is 19.8 Å². The number of hydrogen-bond acceptors (Lipinski definition) is 8. The van der Waals surface area contributed by atoms with Crippen LogP contribution in [0.2, 0.25) is 0 Å². The number of phosphoric acid groups is 1. The predicted molar refractivity (Wildman–Crippen MR) is 249 cm³/mol. The molecule has 0 rings (SSSR count). The summed E-state index contributed by atoms with van der Waals surface area (Å²) in [6.07, 6.45) is 49.8. The van der Waals surface area contributed by atoms with Crippen LogP contribution in [0.4, 0.5) is 0 Å². The van der Waals surface area contributed by atoms with E-state index in [2.05, 4.69) is 26.0 Å². The second kappa shape index (κ2) is 45.7. The lowest BCUT2D eigenvalue weighted by Gasteiger charge is -2.20. The Morgan fingerprint density at radius 2 is 0.867 bits per heavy atom. The first-order valence-corrected chi connectivity index (χ1v) is 26.7. The van der Waals surface area contributed by atoms with Crippen molar-refractivity contribution in [3.63, 3.8) is 0 Å². The number of hydrogen-bond donors (Lipinski definition) is 3. The number of carbonyl (C=O) groups is 2. The molecule has 10 nitrogen and oxygen atoms in total. The SMILES string of the molecule is CCCCCCCCC/C=C\CCCCCCCCCCOCC(COP(=O)(O)OCC(N)C(=O)O)OC(=O)CCCCCCCCCCCCCCCCCCCCC. The van der Waals surface area contributed by atoms with Crippen molar-refractivity contribution in [3.8, 4) is 0 Å². The lowest BCUT2D eigenvalue weighted by molar-refractivity contribution is -0.154. The van der Waals surface area contributed by atoms with E-state index in [1.165, 1.54) is 193 Å². The Bertz CT molecular complexity index is 1010. The van der Waals surface area contributed by atoms with Crippen LogP contribution in [0, 0.1) is 0 Å². The summed E-state index contributed by atoms with van der Waals surface area (Å²) in [5, 5.41) is 8.92. The third-order valence-electron chi connectivity index (χ3n) is 11.3. The summed E-state index contributed by atoms with van der Waals surface area (Å²) in [7, 11) is -4.62. The van der Waals surface area contributed by atoms with Crippen molar-refractivity contribution in [2.75, 3.05) is 26.4 Å². The van der Waals surface area contributed by atoms with Crippen molar-refractivity contribution in [1.82, 2.24) is 0 Å². The first-order chi connectivity index (χ1) is 29.2. The van der Waals surface area contributed by atoms with Gasteiger partial charge in [-0.2, -0.15) is 0 Å². The number of carboxylic acids is 1. The quantitative estimate of drug-likeness (QED) is 0.0233. The van der Waals surface area contributed by atoms with E-state index in [0.29, 0.717) is 6.61 Å². The maximum Gasteiger partial charge on any atom is 0.472 e. The summed E-state index contributed by atoms with van der Waals surface area (Å²) in [5.74, 6) is -1.77. The first-order valence-electron chi connectivity index (χ1n) is 25.2. The van der Waals surface area contributed by atoms with Crippen molar-refractivity contribution in [2.24, 2.45) is 5.73 Å². The number of ether oxygens (including phenoxy) is 2. The Kier molecular flexibility index (Phi) is 44.7. The fraction of sp³-hybridized carbons (Fsp3) is 0.918. The summed E-state index contributed by atoms with van der Waals surface area (Å²) in [4.78, 5) is 33.7. The van der Waals surface area contributed by atoms with Gasteiger partial charge in [-0.05, 0) is 38.5 Å². The van der Waals surface area contributed by atoms with E-state index in [0.717, 1.165) is 38.5 Å². The molecule has 0 saturated carbocycles. The smallest absolute Gasteiger partial charge is 0.472 e. The molecule has 11 heteroatoms. The molecule has 0 aromatic carbocycles. The van der Waals surface area contributed by atoms with Gasteiger partial charge < -0.3 is 25.2 Å². The van der Waals surface area contributed by atoms with Crippen LogP contribution >= 0.6 is 7.82 Å². The van der Waals surface area contributed by atoms with Gasteiger partial charge in [0, 0.05) is 13.0 Å². The maximum absolute atomic E-state index is 12.7. The van der Waals surface area contributed by atoms with Crippen molar-refractivity contribution in [2.45, 2.75) is 264 Å². The Labute approximate surface area is 369 Å². The van der Waals surface area contributed by atoms with Crippen LogP contribution in [-0.4, -0.2) is 60.5 Å². The third kappa shape index (κ3) is 44.8. The highest BCUT2D eigenvalue weighted by molar-refractivity contribution is 7.47. The molecule has 0 heterocycles. The number of carbonyl (C=O) groups excluding carboxylic acids is 1. The third-order valence-corrected chi connectivity index (χ3v) is 12.2. The zero-order chi connectivity index (χ0) is 44.0. The number of phosphoric ester groups is 1. The molecule has 0 aromatic rings. The van der Waals surface area contributed by atoms with Gasteiger partial charge in [0.25, 0.3) is 0 Å². The topological polar surface area (TPSA) is 155 Å². The average Bonchev–Trinajstić information content (AvgIpc) is 3.23. The molecular formula is C49H96NO9P. The molecule has 4 N–H and O–H groups in total. The van der Waals surface area contributed by atoms with E-state index >= 15 is 0 Å². The molecule has 60 heavy (non-hydrogen) atoms. The molecule has 0 bridgehead atoms. The molecule has 356 valence electrons. The number of carboxylic acid groups (broad SMARTS) is 1. The summed E-state index contributed by atoms with van der Waals surface area (Å²) >= 11 is 0. The summed E-state index contributed by atoms with van der Waals surface area (Å²) in [5.41, 5.74) is 5.37. The Morgan fingerprint density at radius 1 is 0.517 bits per heavy atom. The molecule has 3 unspecified atom stereocenters. The second-order valence-electron chi connectivity index (χ2n) is 17.3. The van der Waals surface area contributed by atoms with Crippen molar-refractivity contribution >= 4 is 19.8 Å². The molecule has 3 atom stereocenters. The van der Waals surface area contributed by atoms with Crippen LogP contribution in [0.25, 0.3) is 0 Å². The number of rotatable bonds is 49. The van der Waals surface area contributed by atoms with E-state index in [1.807, 2.05) is 0 Å². The number of esters is 1. The highest BCUT2D eigenvalue weighted by atomic mass is 31.2. The normalized spacial score (nSPS) is 13.8. The summed E-state index contributed by atoms with van der Waals surface area (Å²) in [6.45, 7) is 3.93. The summed E-state index contributed by atoms with van der Waals surface area (Å²) in [6, 6.07) is -1.47. The fourth-order valence-corrected chi connectivity index (χ4v) is 8.14. The number of aliphatic carboxylic acids is 1. The Balaban J connectivity index is 4.12. The molecule has 0 aliphatic carbocycles. The van der Waals surface area contributed by atoms with Crippen LogP contribution in [0.1, 0.15) is 251 Å². The predicted octanol–water partition coefficient (Wildman–Crippen LogP) is 14.5. The highest BCUT2D eigenvalue weighted by Crippen LogP contribution is 2.43. The number of allylic oxidation sites excluding steroid dienone is 2. The zero-order valence-corrected chi connectivity index (χ0v) is 40.0. The van der Waals surface area contributed by atoms with E-state index in [1.54, 1.807) is 0 Å². The number of unbranched alkanes of at least 4 members (excludes halogenated alkanes) is 33. The zero-order valence-electron chi connectivity index (χ0n) is 39.1. The van der Waals surface area contributed by atoms with Gasteiger partial charge in [-0.25, -0.2) is 4.57 Å². The first kappa shape index (κ1) is 58.7. The molecule has 0 aliphatic rings. The minimum atomic E-state index is -4.62. The van der Waals surface area contributed by atoms with Gasteiger partial charge in [0.15, 0.2) is 0 Å². The maximum atomic E-state index is 12.7. The van der Waals surface area contributed by atoms with E-state index in [9.17, 15) is 19.0 Å². The minimum Gasteiger partial charge on any atom is -0.480 e. The van der Waals surface area contributed by atoms with Gasteiger partial charge in [-0.1, -0.05) is 219 Å². The molecule has 0 fully saturated rings. The van der Waals surface area contributed by atoms with Crippen molar-refractivity contribution in [1.29, 1.82) is 0 Å². The standard InChI is InChI=1S/C49H96NO9P/c1-3-5-7-9-11-13-15-17-19-21-23-25-27-29-31-33-35-37-39-41-48(51)59-46(44-57-60(54,55)58-45-47(50)49(52)53)43-56-42-40-38-36-34-32-30-28-26-24-22-20-18-16-14-12-10-8-6-4-2/h20,22,46-47H,3-19,21,23-45,50H2,1-2H3,(H,52,53)(H,54,55)/b22-20-. The molecule has 0 radical (unpaired) electrons. The Morgan fingerprint density at radius 3 is 1.27 bits per heavy atom. The van der Waals surface area contributed by atoms with Crippen molar-refractivity contribution < 1.29 is 42.7 Å². The van der Waals surface area contributed by atoms with E-state index in [4.69, 9.17) is 29.4 Å². The Hall–Kier alpha value is -1.29. The van der Waals surface area contributed by atoms with Crippen LogP contribution in [0.5, 0.6) is 0 Å². The second-order valence-corrected chi connectivity index (χ2v) is 18.8. The molecule has 0 amide bonds. The lowest BCUT2D eigenvalue weighted by atomic mass is 10.0. The summed E-state index contributed by atoms with van der Waals surface area (Å²) < 4.78 is 33.5. The fourth-order valence-electron chi connectivity index (χ4n) is 7.37. The van der Waals surface area contributed by atoms with E-state index in [-0.39, 0.29) is 13.0 Å². The number of nitrogens with two attached hydrogens (primary N) is 1. The minimum absolute atomic E-state index is 0.0209. The van der Waals surface area contributed by atoms with Crippen LogP contribution in [0.15, 0.2) is 12.2 Å². The van der Waals surface area contributed by atoms with E-state index < -0.39 is 45.1 Å². The molecule has 0 aliphatic heterocycles. The molecular weight excluding hydrogens is 778 g/mol. The van der Waals surface area contributed by atoms with Crippen LogP contribution < -0.4 is 5.73 Å². The molecule has 0 spiro atoms. The van der Waals surface area contributed by atoms with Gasteiger partial charge in [0.1, 0.15) is 12.1 Å². The van der Waals surface area contributed by atoms with Gasteiger partial charge in [0.05, 0.1) is 19.8 Å². The van der Waals surface area contributed by atoms with Crippen LogP contribution in [-0.2, 0) is 32.7 Å². The van der Waals surface area contributed by atoms with Gasteiger partial charge in [-0.3, -0.25) is 18.6 Å². The van der Waals surface area contributed by atoms with Crippen LogP contribution in [0.3, 0.4) is 0 Å². The lowest BCUT2D eigenvalue weighted by Crippen LogP contribution is -2.34. The monoisotopic (exact) mass is 874 g/mol. The largest absolute Gasteiger partial charge is 0.480 e. The van der Waals surface area contributed by atoms with Crippen molar-refractivity contribution in [3.05, 3.63) is 12.2 Å². The molecule has 0 saturated heterocycles. The molecule has 0 aromatic heterocycles.